The number of fused-ring (bicyclic) bond motifs is 2. The molecule has 0 spiro atoms. The lowest BCUT2D eigenvalue weighted by Gasteiger charge is -2.47. The summed E-state index contributed by atoms with van der Waals surface area (Å²) in [5, 5.41) is 11.8. The van der Waals surface area contributed by atoms with Gasteiger partial charge in [-0.3, -0.25) is 4.79 Å². The van der Waals surface area contributed by atoms with Crippen LogP contribution in [0.2, 0.25) is 0 Å². The van der Waals surface area contributed by atoms with Crippen LogP contribution in [0.1, 0.15) is 61.3 Å². The molecule has 7 heteroatoms. The molecule has 0 radical (unpaired) electrons. The van der Waals surface area contributed by atoms with Crippen LogP contribution in [0.5, 0.6) is 0 Å². The number of quaternary nitrogens is 1. The smallest absolute Gasteiger partial charge is 0.347 e. The number of hydrogen-bond donors (Lipinski definition) is 1. The van der Waals surface area contributed by atoms with Gasteiger partial charge >= 0.3 is 11.9 Å². The van der Waals surface area contributed by atoms with Gasteiger partial charge < -0.3 is 43.0 Å². The normalized spacial score (nSPS) is 23.3. The van der Waals surface area contributed by atoms with Gasteiger partial charge in [0.2, 0.25) is 5.60 Å². The van der Waals surface area contributed by atoms with E-state index in [4.69, 9.17) is 9.47 Å². The molecule has 0 aromatic heterocycles. The Kier molecular flexibility index (Phi) is 10.3. The minimum absolute atomic E-state index is 0. The van der Waals surface area contributed by atoms with Crippen molar-refractivity contribution in [3.8, 4) is 0 Å². The summed E-state index contributed by atoms with van der Waals surface area (Å²) in [6.07, 6.45) is 4.64. The molecule has 2 aliphatic rings. The van der Waals surface area contributed by atoms with Crippen molar-refractivity contribution in [1.29, 1.82) is 0 Å². The summed E-state index contributed by atoms with van der Waals surface area (Å²) in [5.41, 5.74) is 1.58. The molecule has 2 aliphatic heterocycles. The molecule has 2 bridgehead atoms. The van der Waals surface area contributed by atoms with Gasteiger partial charge in [0.25, 0.3) is 0 Å². The van der Waals surface area contributed by atoms with Crippen LogP contribution in [-0.2, 0) is 37.6 Å². The molecule has 5 rings (SSSR count). The molecule has 1 N–H and O–H groups in total. The molecule has 218 valence electrons. The quantitative estimate of drug-likeness (QED) is 0.204. The Morgan fingerprint density at radius 1 is 0.854 bits per heavy atom. The van der Waals surface area contributed by atoms with Crippen molar-refractivity contribution in [2.75, 3.05) is 13.7 Å². The molecule has 0 aliphatic carbocycles. The van der Waals surface area contributed by atoms with E-state index >= 15 is 0 Å². The van der Waals surface area contributed by atoms with E-state index in [9.17, 15) is 14.7 Å². The van der Waals surface area contributed by atoms with Crippen LogP contribution >= 0.6 is 0 Å². The van der Waals surface area contributed by atoms with E-state index in [2.05, 4.69) is 31.3 Å². The van der Waals surface area contributed by atoms with E-state index in [1.807, 2.05) is 43.3 Å². The number of aryl methyl sites for hydroxylation is 1. The number of ether oxygens (including phenoxy) is 2. The van der Waals surface area contributed by atoms with Crippen molar-refractivity contribution in [1.82, 2.24) is 0 Å². The van der Waals surface area contributed by atoms with Gasteiger partial charge in [-0.1, -0.05) is 84.9 Å². The highest BCUT2D eigenvalue weighted by atomic mass is 127. The van der Waals surface area contributed by atoms with E-state index in [0.29, 0.717) is 42.7 Å². The van der Waals surface area contributed by atoms with Gasteiger partial charge in [0.15, 0.2) is 0 Å². The highest BCUT2D eigenvalue weighted by molar-refractivity contribution is 5.85. The predicted molar refractivity (Wildman–Crippen MR) is 153 cm³/mol. The third-order valence-electron chi connectivity index (χ3n) is 8.99. The average Bonchev–Trinajstić information content (AvgIpc) is 3.12. The highest BCUT2D eigenvalue weighted by Gasteiger charge is 2.53. The number of piperidine rings is 1. The maximum atomic E-state index is 13.7. The van der Waals surface area contributed by atoms with Gasteiger partial charge in [0.1, 0.15) is 12.6 Å². The van der Waals surface area contributed by atoms with E-state index in [1.165, 1.54) is 5.56 Å². The maximum Gasteiger partial charge on any atom is 0.347 e. The Morgan fingerprint density at radius 3 is 1.88 bits per heavy atom. The van der Waals surface area contributed by atoms with Gasteiger partial charge in [-0.25, -0.2) is 4.79 Å². The first-order chi connectivity index (χ1) is 19.3. The van der Waals surface area contributed by atoms with Gasteiger partial charge in [0, 0.05) is 37.7 Å². The van der Waals surface area contributed by atoms with Crippen LogP contribution in [0.4, 0.5) is 0 Å². The molecule has 2 saturated heterocycles. The standard InChI is InChI=1S/C34H40NO5.HI/c1-3-39-32(36)21-18-25-14-16-26(17-15-25)24-35(2)29-19-20-30(35)23-31(22-29)40-33(37)34(38,27-10-6-4-7-11-27)28-12-8-5-9-13-28;/h4-17,29-31,38H,3,18-24H2,1-2H3;1H/q+1;/p-1/t29-,30+,31+,35-;. The Labute approximate surface area is 260 Å². The number of rotatable bonds is 10. The SMILES string of the molecule is CCOC(=O)CCc1ccc(C[N@+]2(C)[C@@H]3CC[C@H]2C[C@@H](OC(=O)C(O)(c2ccccc2)c2ccccc2)C3)cc1.[I-]. The molecule has 2 fully saturated rings. The van der Waals surface area contributed by atoms with Crippen LogP contribution in [0.25, 0.3) is 0 Å². The van der Waals surface area contributed by atoms with Gasteiger partial charge in [-0.15, -0.1) is 0 Å². The summed E-state index contributed by atoms with van der Waals surface area (Å²) in [4.78, 5) is 25.4. The van der Waals surface area contributed by atoms with Crippen molar-refractivity contribution in [2.24, 2.45) is 0 Å². The summed E-state index contributed by atoms with van der Waals surface area (Å²) in [6.45, 7) is 3.16. The monoisotopic (exact) mass is 669 g/mol. The Bertz CT molecular complexity index is 1240. The van der Waals surface area contributed by atoms with Crippen molar-refractivity contribution >= 4 is 11.9 Å². The third kappa shape index (κ3) is 6.68. The number of esters is 2. The molecule has 0 amide bonds. The molecule has 3 aromatic carbocycles. The number of benzene rings is 3. The summed E-state index contributed by atoms with van der Waals surface area (Å²) >= 11 is 0. The topological polar surface area (TPSA) is 72.8 Å². The first-order valence-electron chi connectivity index (χ1n) is 14.5. The number of aliphatic hydroxyl groups is 1. The summed E-state index contributed by atoms with van der Waals surface area (Å²) in [5.74, 6) is -0.764. The summed E-state index contributed by atoms with van der Waals surface area (Å²) in [6, 6.07) is 27.5. The van der Waals surface area contributed by atoms with Gasteiger partial charge in [0.05, 0.1) is 25.7 Å². The van der Waals surface area contributed by atoms with E-state index in [-0.39, 0.29) is 36.0 Å². The highest BCUT2D eigenvalue weighted by Crippen LogP contribution is 2.44. The number of hydrogen-bond acceptors (Lipinski definition) is 5. The molecular formula is C34H40INO5. The molecule has 6 nitrogen and oxygen atoms in total. The van der Waals surface area contributed by atoms with E-state index < -0.39 is 11.6 Å². The minimum Gasteiger partial charge on any atom is -1.00 e. The number of carbonyl (C=O) groups is 2. The molecule has 3 aromatic rings. The number of carbonyl (C=O) groups excluding carboxylic acids is 2. The second-order valence-corrected chi connectivity index (χ2v) is 11.5. The second-order valence-electron chi connectivity index (χ2n) is 11.5. The Morgan fingerprint density at radius 2 is 1.37 bits per heavy atom. The number of nitrogens with zero attached hydrogens (tertiary/aromatic N) is 1. The zero-order chi connectivity index (χ0) is 28.2. The lowest BCUT2D eigenvalue weighted by Crippen LogP contribution is -3.00. The molecule has 0 saturated carbocycles. The fraction of sp³-hybridized carbons (Fsp3) is 0.412. The van der Waals surface area contributed by atoms with Crippen molar-refractivity contribution in [2.45, 2.75) is 75.8 Å². The average molecular weight is 670 g/mol. The van der Waals surface area contributed by atoms with E-state index in [0.717, 1.165) is 42.3 Å². The lowest BCUT2D eigenvalue weighted by molar-refractivity contribution is -0.961. The van der Waals surface area contributed by atoms with Crippen LogP contribution in [0, 0.1) is 0 Å². The van der Waals surface area contributed by atoms with Gasteiger partial charge in [-0.05, 0) is 30.0 Å². The van der Waals surface area contributed by atoms with Crippen LogP contribution < -0.4 is 24.0 Å². The fourth-order valence-electron chi connectivity index (χ4n) is 6.73. The lowest BCUT2D eigenvalue weighted by atomic mass is 9.86. The van der Waals surface area contributed by atoms with Crippen molar-refractivity contribution in [3.63, 3.8) is 0 Å². The summed E-state index contributed by atoms with van der Waals surface area (Å²) < 4.78 is 12.1. The minimum atomic E-state index is -1.85. The molecule has 0 unspecified atom stereocenters. The Hall–Kier alpha value is -2.75. The molecule has 2 heterocycles. The number of halogens is 1. The second kappa shape index (κ2) is 13.5. The van der Waals surface area contributed by atoms with Gasteiger partial charge in [-0.2, -0.15) is 0 Å². The largest absolute Gasteiger partial charge is 1.00 e. The zero-order valence-corrected chi connectivity index (χ0v) is 26.0. The maximum absolute atomic E-state index is 13.7. The Balaban J connectivity index is 0.00000387. The first-order valence-corrected chi connectivity index (χ1v) is 14.5. The van der Waals surface area contributed by atoms with Crippen LogP contribution in [0.15, 0.2) is 84.9 Å². The third-order valence-corrected chi connectivity index (χ3v) is 8.99. The van der Waals surface area contributed by atoms with E-state index in [1.54, 1.807) is 24.3 Å². The summed E-state index contributed by atoms with van der Waals surface area (Å²) in [7, 11) is 2.33. The molecule has 41 heavy (non-hydrogen) atoms. The molecular weight excluding hydrogens is 629 g/mol. The molecule has 4 atom stereocenters. The fourth-order valence-corrected chi connectivity index (χ4v) is 6.73. The zero-order valence-electron chi connectivity index (χ0n) is 23.9. The van der Waals surface area contributed by atoms with Crippen LogP contribution in [-0.4, -0.2) is 53.4 Å². The van der Waals surface area contributed by atoms with Crippen molar-refractivity contribution in [3.05, 3.63) is 107 Å². The van der Waals surface area contributed by atoms with Crippen LogP contribution in [0.3, 0.4) is 0 Å². The van der Waals surface area contributed by atoms with Crippen molar-refractivity contribution < 1.29 is 52.6 Å². The predicted octanol–water partition coefficient (Wildman–Crippen LogP) is 2.31. The first kappa shape index (κ1) is 31.2.